The van der Waals surface area contributed by atoms with E-state index in [0.29, 0.717) is 23.4 Å². The third-order valence-corrected chi connectivity index (χ3v) is 3.30. The van der Waals surface area contributed by atoms with Gasteiger partial charge in [0.15, 0.2) is 5.82 Å². The first kappa shape index (κ1) is 12.7. The quantitative estimate of drug-likeness (QED) is 0.622. The maximum absolute atomic E-state index is 11.9. The SMILES string of the molecule is CCOC(=O)c1csc2ncnc(N(C)OC)c12. The molecule has 2 heterocycles. The van der Waals surface area contributed by atoms with Gasteiger partial charge in [0.05, 0.1) is 24.7 Å². The summed E-state index contributed by atoms with van der Waals surface area (Å²) >= 11 is 1.38. The molecule has 0 fully saturated rings. The predicted octanol–water partition coefficient (Wildman–Crippen LogP) is 1.87. The first-order valence-electron chi connectivity index (χ1n) is 5.36. The smallest absolute Gasteiger partial charge is 0.339 e. The van der Waals surface area contributed by atoms with Crippen molar-refractivity contribution in [3.63, 3.8) is 0 Å². The summed E-state index contributed by atoms with van der Waals surface area (Å²) in [5, 5.41) is 3.87. The van der Waals surface area contributed by atoms with Crippen LogP contribution < -0.4 is 5.06 Å². The summed E-state index contributed by atoms with van der Waals surface area (Å²) in [5.41, 5.74) is 0.469. The van der Waals surface area contributed by atoms with Crippen LogP contribution in [0.1, 0.15) is 17.3 Å². The lowest BCUT2D eigenvalue weighted by Gasteiger charge is -2.15. The Kier molecular flexibility index (Phi) is 3.73. The number of hydrogen-bond donors (Lipinski definition) is 0. The number of carbonyl (C=O) groups excluding carboxylic acids is 1. The van der Waals surface area contributed by atoms with Gasteiger partial charge in [-0.1, -0.05) is 0 Å². The maximum Gasteiger partial charge on any atom is 0.339 e. The van der Waals surface area contributed by atoms with E-state index in [4.69, 9.17) is 9.57 Å². The van der Waals surface area contributed by atoms with E-state index in [1.165, 1.54) is 29.8 Å². The molecule has 0 amide bonds. The lowest BCUT2D eigenvalue weighted by molar-refractivity contribution is 0.0529. The number of carbonyl (C=O) groups is 1. The van der Waals surface area contributed by atoms with E-state index in [-0.39, 0.29) is 5.97 Å². The highest BCUT2D eigenvalue weighted by molar-refractivity contribution is 7.17. The number of fused-ring (bicyclic) bond motifs is 1. The van der Waals surface area contributed by atoms with Crippen LogP contribution in [0.4, 0.5) is 5.82 Å². The van der Waals surface area contributed by atoms with Gasteiger partial charge in [0.2, 0.25) is 0 Å². The van der Waals surface area contributed by atoms with Gasteiger partial charge in [-0.3, -0.25) is 4.84 Å². The molecule has 0 saturated carbocycles. The van der Waals surface area contributed by atoms with Crippen LogP contribution in [-0.4, -0.2) is 36.7 Å². The number of aromatic nitrogens is 2. The lowest BCUT2D eigenvalue weighted by Crippen LogP contribution is -2.17. The Morgan fingerprint density at radius 2 is 2.28 bits per heavy atom. The highest BCUT2D eigenvalue weighted by Gasteiger charge is 2.19. The first-order valence-corrected chi connectivity index (χ1v) is 6.24. The van der Waals surface area contributed by atoms with Gasteiger partial charge in [-0.2, -0.15) is 0 Å². The molecule has 2 aromatic rings. The standard InChI is InChI=1S/C11H13N3O3S/c1-4-17-11(15)7-5-18-10-8(7)9(12-6-13-10)14(2)16-3/h5-6H,4H2,1-3H3. The summed E-state index contributed by atoms with van der Waals surface area (Å²) in [7, 11) is 3.25. The molecule has 2 aromatic heterocycles. The van der Waals surface area contributed by atoms with E-state index in [1.54, 1.807) is 19.4 Å². The summed E-state index contributed by atoms with van der Waals surface area (Å²) in [6.07, 6.45) is 1.44. The summed E-state index contributed by atoms with van der Waals surface area (Å²) in [5.74, 6) is 0.177. The Balaban J connectivity index is 2.58. The molecule has 0 aliphatic heterocycles. The van der Waals surface area contributed by atoms with Gasteiger partial charge in [0.25, 0.3) is 0 Å². The fraction of sp³-hybridized carbons (Fsp3) is 0.364. The number of anilines is 1. The van der Waals surface area contributed by atoms with Crippen LogP contribution in [-0.2, 0) is 9.57 Å². The van der Waals surface area contributed by atoms with Gasteiger partial charge in [0, 0.05) is 12.4 Å². The Hall–Kier alpha value is -1.73. The molecule has 0 N–H and O–H groups in total. The van der Waals surface area contributed by atoms with Crippen LogP contribution in [0.25, 0.3) is 10.2 Å². The first-order chi connectivity index (χ1) is 8.69. The molecule has 0 aliphatic carbocycles. The molecule has 0 radical (unpaired) electrons. The second kappa shape index (κ2) is 5.28. The molecular weight excluding hydrogens is 254 g/mol. The summed E-state index contributed by atoms with van der Waals surface area (Å²) < 4.78 is 5.02. The Bertz CT molecular complexity index is 570. The van der Waals surface area contributed by atoms with Crippen LogP contribution in [0.3, 0.4) is 0 Å². The lowest BCUT2D eigenvalue weighted by atomic mass is 10.2. The zero-order valence-corrected chi connectivity index (χ0v) is 11.2. The minimum atomic E-state index is -0.371. The Morgan fingerprint density at radius 1 is 1.50 bits per heavy atom. The van der Waals surface area contributed by atoms with Crippen molar-refractivity contribution in [2.75, 3.05) is 25.8 Å². The van der Waals surface area contributed by atoms with Crippen LogP contribution in [0, 0.1) is 0 Å². The largest absolute Gasteiger partial charge is 0.462 e. The van der Waals surface area contributed by atoms with E-state index in [0.717, 1.165) is 4.83 Å². The normalized spacial score (nSPS) is 10.6. The Labute approximate surface area is 108 Å². The van der Waals surface area contributed by atoms with Crippen molar-refractivity contribution in [2.45, 2.75) is 6.92 Å². The molecule has 0 atom stereocenters. The van der Waals surface area contributed by atoms with Crippen molar-refractivity contribution >= 4 is 33.3 Å². The van der Waals surface area contributed by atoms with E-state index < -0.39 is 0 Å². The van der Waals surface area contributed by atoms with E-state index in [1.807, 2.05) is 0 Å². The molecule has 7 heteroatoms. The highest BCUT2D eigenvalue weighted by atomic mass is 32.1. The zero-order valence-electron chi connectivity index (χ0n) is 10.3. The van der Waals surface area contributed by atoms with Crippen LogP contribution in [0.15, 0.2) is 11.7 Å². The Morgan fingerprint density at radius 3 is 2.94 bits per heavy atom. The van der Waals surface area contributed by atoms with Crippen LogP contribution in [0.2, 0.25) is 0 Å². The van der Waals surface area contributed by atoms with Gasteiger partial charge in [-0.05, 0) is 6.92 Å². The van der Waals surface area contributed by atoms with Crippen molar-refractivity contribution < 1.29 is 14.4 Å². The number of nitrogens with zero attached hydrogens (tertiary/aromatic N) is 3. The van der Waals surface area contributed by atoms with Crippen molar-refractivity contribution in [2.24, 2.45) is 0 Å². The van der Waals surface area contributed by atoms with Crippen LogP contribution in [0.5, 0.6) is 0 Å². The molecule has 0 unspecified atom stereocenters. The minimum Gasteiger partial charge on any atom is -0.462 e. The van der Waals surface area contributed by atoms with Gasteiger partial charge in [0.1, 0.15) is 11.2 Å². The number of hydroxylamine groups is 1. The van der Waals surface area contributed by atoms with Gasteiger partial charge in [-0.25, -0.2) is 19.8 Å². The molecule has 6 nitrogen and oxygen atoms in total. The molecule has 18 heavy (non-hydrogen) atoms. The number of esters is 1. The predicted molar refractivity (Wildman–Crippen MR) is 68.8 cm³/mol. The van der Waals surface area contributed by atoms with Crippen molar-refractivity contribution in [3.05, 3.63) is 17.3 Å². The molecule has 0 aromatic carbocycles. The summed E-state index contributed by atoms with van der Waals surface area (Å²) in [6.45, 7) is 2.10. The third kappa shape index (κ3) is 2.14. The average molecular weight is 267 g/mol. The number of thiophene rings is 1. The molecule has 96 valence electrons. The summed E-state index contributed by atoms with van der Waals surface area (Å²) in [4.78, 5) is 26.0. The highest BCUT2D eigenvalue weighted by Crippen LogP contribution is 2.31. The van der Waals surface area contributed by atoms with Crippen LogP contribution >= 0.6 is 11.3 Å². The molecule has 0 saturated heterocycles. The molecule has 0 bridgehead atoms. The molecule has 2 rings (SSSR count). The monoisotopic (exact) mass is 267 g/mol. The third-order valence-electron chi connectivity index (χ3n) is 2.42. The maximum atomic E-state index is 11.9. The van der Waals surface area contributed by atoms with Crippen molar-refractivity contribution in [1.29, 1.82) is 0 Å². The molecular formula is C11H13N3O3S. The topological polar surface area (TPSA) is 64.5 Å². The average Bonchev–Trinajstić information content (AvgIpc) is 2.81. The number of ether oxygens (including phenoxy) is 1. The van der Waals surface area contributed by atoms with E-state index >= 15 is 0 Å². The second-order valence-electron chi connectivity index (χ2n) is 3.43. The molecule has 0 spiro atoms. The van der Waals surface area contributed by atoms with E-state index in [9.17, 15) is 4.79 Å². The van der Waals surface area contributed by atoms with Gasteiger partial charge < -0.3 is 4.74 Å². The van der Waals surface area contributed by atoms with Gasteiger partial charge >= 0.3 is 5.97 Å². The fourth-order valence-electron chi connectivity index (χ4n) is 1.54. The van der Waals surface area contributed by atoms with Crippen molar-refractivity contribution in [1.82, 2.24) is 9.97 Å². The minimum absolute atomic E-state index is 0.333. The second-order valence-corrected chi connectivity index (χ2v) is 4.29. The fourth-order valence-corrected chi connectivity index (χ4v) is 2.41. The number of rotatable bonds is 4. The number of hydrogen-bond acceptors (Lipinski definition) is 7. The van der Waals surface area contributed by atoms with E-state index in [2.05, 4.69) is 9.97 Å². The zero-order chi connectivity index (χ0) is 13.1. The van der Waals surface area contributed by atoms with Crippen molar-refractivity contribution in [3.8, 4) is 0 Å². The molecule has 0 aliphatic rings. The van der Waals surface area contributed by atoms with Gasteiger partial charge in [-0.15, -0.1) is 11.3 Å². The summed E-state index contributed by atoms with van der Waals surface area (Å²) in [6, 6.07) is 0.